The number of halogens is 1. The third-order valence-electron chi connectivity index (χ3n) is 4.31. The second-order valence-corrected chi connectivity index (χ2v) is 6.17. The highest BCUT2D eigenvalue weighted by Crippen LogP contribution is 2.25. The van der Waals surface area contributed by atoms with E-state index >= 15 is 0 Å². The fourth-order valence-corrected chi connectivity index (χ4v) is 2.90. The minimum Gasteiger partial charge on any atom is -0.305 e. The molecule has 10 heteroatoms. The van der Waals surface area contributed by atoms with Crippen molar-refractivity contribution in [2.24, 2.45) is 0 Å². The van der Waals surface area contributed by atoms with Crippen LogP contribution in [-0.2, 0) is 0 Å². The molecule has 0 aliphatic rings. The zero-order valence-electron chi connectivity index (χ0n) is 15.0. The summed E-state index contributed by atoms with van der Waals surface area (Å²) in [5.41, 5.74) is 0.467. The Balaban J connectivity index is 1.66. The molecule has 9 nitrogen and oxygen atoms in total. The number of carbonyl (C=O) groups excluding carboxylic acids is 1. The number of para-hydroxylation sites is 1. The van der Waals surface area contributed by atoms with Gasteiger partial charge < -0.3 is 5.32 Å². The van der Waals surface area contributed by atoms with Crippen molar-refractivity contribution in [1.29, 1.82) is 0 Å². The van der Waals surface area contributed by atoms with Gasteiger partial charge in [-0.25, -0.2) is 14.1 Å². The highest BCUT2D eigenvalue weighted by Gasteiger charge is 2.23. The van der Waals surface area contributed by atoms with Gasteiger partial charge in [-0.1, -0.05) is 23.4 Å². The summed E-state index contributed by atoms with van der Waals surface area (Å²) in [6.45, 7) is 1.54. The van der Waals surface area contributed by atoms with Gasteiger partial charge in [-0.3, -0.25) is 14.9 Å². The molecule has 144 valence electrons. The summed E-state index contributed by atoms with van der Waals surface area (Å²) in [5.74, 6) is -0.990. The average molecular weight is 392 g/mol. The maximum atomic E-state index is 13.4. The number of aromatic nitrogens is 4. The first kappa shape index (κ1) is 18.2. The lowest BCUT2D eigenvalue weighted by molar-refractivity contribution is -0.384. The molecule has 0 saturated carbocycles. The zero-order chi connectivity index (χ0) is 20.5. The third kappa shape index (κ3) is 3.38. The predicted octanol–water partition coefficient (Wildman–Crippen LogP) is 3.42. The Kier molecular flexibility index (Phi) is 4.43. The molecule has 0 atom stereocenters. The lowest BCUT2D eigenvalue weighted by Gasteiger charge is -2.06. The number of rotatable bonds is 4. The smallest absolute Gasteiger partial charge is 0.297 e. The minimum atomic E-state index is -0.751. The van der Waals surface area contributed by atoms with Gasteiger partial charge in [-0.05, 0) is 37.3 Å². The van der Waals surface area contributed by atoms with Crippen molar-refractivity contribution in [3.05, 3.63) is 81.9 Å². The fraction of sp³-hybridized carbons (Fsp3) is 0.0526. The van der Waals surface area contributed by atoms with Crippen molar-refractivity contribution in [3.8, 4) is 5.69 Å². The van der Waals surface area contributed by atoms with Crippen LogP contribution in [0.2, 0.25) is 0 Å². The molecule has 0 bridgehead atoms. The van der Waals surface area contributed by atoms with Gasteiger partial charge in [0.25, 0.3) is 11.6 Å². The van der Waals surface area contributed by atoms with E-state index in [0.717, 1.165) is 22.2 Å². The number of amides is 1. The molecule has 0 radical (unpaired) electrons. The molecule has 0 saturated heterocycles. The molecule has 0 spiro atoms. The molecule has 1 N–H and O–H groups in total. The van der Waals surface area contributed by atoms with Crippen LogP contribution in [0.15, 0.2) is 54.6 Å². The number of nitrogens with one attached hydrogen (secondary N) is 1. The number of hydrogen-bond donors (Lipinski definition) is 1. The number of fused-ring (bicyclic) bond motifs is 1. The SMILES string of the molecule is Cc1c(C(=O)Nc2ccc3ccccc3n2)nnn1-c1ccc(F)cc1[N+](=O)[O-]. The van der Waals surface area contributed by atoms with Crippen LogP contribution in [0, 0.1) is 22.9 Å². The van der Waals surface area contributed by atoms with Crippen molar-refractivity contribution in [2.45, 2.75) is 6.92 Å². The van der Waals surface area contributed by atoms with E-state index in [1.165, 1.54) is 13.0 Å². The van der Waals surface area contributed by atoms with Gasteiger partial charge in [0.1, 0.15) is 17.3 Å². The van der Waals surface area contributed by atoms with Crippen LogP contribution >= 0.6 is 0 Å². The Morgan fingerprint density at radius 2 is 1.97 bits per heavy atom. The molecular formula is C19H13FN6O3. The first-order valence-corrected chi connectivity index (χ1v) is 8.48. The highest BCUT2D eigenvalue weighted by atomic mass is 19.1. The molecule has 0 aliphatic heterocycles. The predicted molar refractivity (Wildman–Crippen MR) is 102 cm³/mol. The number of nitro benzene ring substituents is 1. The van der Waals surface area contributed by atoms with Gasteiger partial charge in [-0.15, -0.1) is 5.10 Å². The summed E-state index contributed by atoms with van der Waals surface area (Å²) in [4.78, 5) is 27.5. The molecule has 4 aromatic rings. The normalized spacial score (nSPS) is 10.8. The van der Waals surface area contributed by atoms with E-state index in [4.69, 9.17) is 0 Å². The topological polar surface area (TPSA) is 116 Å². The molecule has 2 aromatic heterocycles. The first-order valence-electron chi connectivity index (χ1n) is 8.48. The van der Waals surface area contributed by atoms with Crippen LogP contribution < -0.4 is 5.32 Å². The van der Waals surface area contributed by atoms with Crippen LogP contribution in [0.1, 0.15) is 16.2 Å². The summed E-state index contributed by atoms with van der Waals surface area (Å²) in [6, 6.07) is 14.0. The van der Waals surface area contributed by atoms with Gasteiger partial charge in [-0.2, -0.15) is 0 Å². The zero-order valence-corrected chi connectivity index (χ0v) is 15.0. The fourth-order valence-electron chi connectivity index (χ4n) is 2.90. The number of hydrogen-bond acceptors (Lipinski definition) is 6. The lowest BCUT2D eigenvalue weighted by atomic mass is 10.2. The van der Waals surface area contributed by atoms with Crippen molar-refractivity contribution < 1.29 is 14.1 Å². The van der Waals surface area contributed by atoms with E-state index in [1.807, 2.05) is 30.3 Å². The van der Waals surface area contributed by atoms with Crippen LogP contribution in [0.25, 0.3) is 16.6 Å². The second kappa shape index (κ2) is 7.08. The monoisotopic (exact) mass is 392 g/mol. The number of nitrogens with zero attached hydrogens (tertiary/aromatic N) is 5. The molecule has 0 unspecified atom stereocenters. The van der Waals surface area contributed by atoms with Gasteiger partial charge in [0, 0.05) is 5.39 Å². The van der Waals surface area contributed by atoms with Crippen molar-refractivity contribution in [3.63, 3.8) is 0 Å². The third-order valence-corrected chi connectivity index (χ3v) is 4.31. The van der Waals surface area contributed by atoms with Gasteiger partial charge in [0.15, 0.2) is 5.69 Å². The molecule has 1 amide bonds. The lowest BCUT2D eigenvalue weighted by Crippen LogP contribution is -2.15. The van der Waals surface area contributed by atoms with E-state index < -0.39 is 22.3 Å². The van der Waals surface area contributed by atoms with Crippen molar-refractivity contribution in [1.82, 2.24) is 20.0 Å². The standard InChI is InChI=1S/C19H13FN6O3/c1-11-18(19(27)22-17-9-6-12-4-2-3-5-14(12)21-17)23-24-25(11)15-8-7-13(20)10-16(15)26(28)29/h2-10H,1H3,(H,21,22,27). The largest absolute Gasteiger partial charge is 0.305 e. The molecule has 0 fully saturated rings. The van der Waals surface area contributed by atoms with E-state index in [0.29, 0.717) is 11.3 Å². The highest BCUT2D eigenvalue weighted by molar-refractivity contribution is 6.03. The van der Waals surface area contributed by atoms with E-state index in [9.17, 15) is 19.3 Å². The Bertz CT molecular complexity index is 1270. The van der Waals surface area contributed by atoms with E-state index in [1.54, 1.807) is 6.07 Å². The van der Waals surface area contributed by atoms with Crippen LogP contribution in [-0.4, -0.2) is 30.8 Å². The summed E-state index contributed by atoms with van der Waals surface area (Å²) < 4.78 is 14.5. The summed E-state index contributed by atoms with van der Waals surface area (Å²) in [6.07, 6.45) is 0. The molecule has 29 heavy (non-hydrogen) atoms. The van der Waals surface area contributed by atoms with Crippen LogP contribution in [0.4, 0.5) is 15.9 Å². The minimum absolute atomic E-state index is 0.00396. The molecule has 0 aliphatic carbocycles. The summed E-state index contributed by atoms with van der Waals surface area (Å²) in [5, 5.41) is 22.5. The van der Waals surface area contributed by atoms with Crippen molar-refractivity contribution in [2.75, 3.05) is 5.32 Å². The molecule has 2 aromatic carbocycles. The van der Waals surface area contributed by atoms with E-state index in [2.05, 4.69) is 20.6 Å². The maximum absolute atomic E-state index is 13.4. The maximum Gasteiger partial charge on any atom is 0.297 e. The van der Waals surface area contributed by atoms with Gasteiger partial charge in [0.2, 0.25) is 0 Å². The van der Waals surface area contributed by atoms with Crippen LogP contribution in [0.3, 0.4) is 0 Å². The molecule has 4 rings (SSSR count). The summed E-state index contributed by atoms with van der Waals surface area (Å²) >= 11 is 0. The Morgan fingerprint density at radius 1 is 1.17 bits per heavy atom. The van der Waals surface area contributed by atoms with Crippen LogP contribution in [0.5, 0.6) is 0 Å². The average Bonchev–Trinajstić information content (AvgIpc) is 3.09. The number of pyridine rings is 1. The molecular weight excluding hydrogens is 379 g/mol. The van der Waals surface area contributed by atoms with Gasteiger partial charge >= 0.3 is 0 Å². The Morgan fingerprint density at radius 3 is 2.76 bits per heavy atom. The summed E-state index contributed by atoms with van der Waals surface area (Å²) in [7, 11) is 0. The first-order chi connectivity index (χ1) is 13.9. The number of nitro groups is 1. The number of anilines is 1. The van der Waals surface area contributed by atoms with Gasteiger partial charge in [0.05, 0.1) is 22.2 Å². The van der Waals surface area contributed by atoms with E-state index in [-0.39, 0.29) is 17.1 Å². The Labute approximate surface area is 163 Å². The van der Waals surface area contributed by atoms with Crippen molar-refractivity contribution >= 4 is 28.3 Å². The quantitative estimate of drug-likeness (QED) is 0.420. The Hall–Kier alpha value is -4.21. The number of carbonyl (C=O) groups is 1. The second-order valence-electron chi connectivity index (χ2n) is 6.17. The number of benzene rings is 2. The molecule has 2 heterocycles.